The molecular formula is C10H15NO2. The number of hydrogen-bond donors (Lipinski definition) is 0. The van der Waals surface area contributed by atoms with Crippen LogP contribution < -0.4 is 0 Å². The van der Waals surface area contributed by atoms with Gasteiger partial charge in [-0.1, -0.05) is 13.0 Å². The molecule has 0 aliphatic rings. The van der Waals surface area contributed by atoms with E-state index in [2.05, 4.69) is 4.99 Å². The molecule has 0 aromatic rings. The monoisotopic (exact) mass is 181 g/mol. The van der Waals surface area contributed by atoms with Gasteiger partial charge in [0.1, 0.15) is 0 Å². The summed E-state index contributed by atoms with van der Waals surface area (Å²) < 4.78 is 0. The number of ketones is 1. The molecule has 0 spiro atoms. The quantitative estimate of drug-likeness (QED) is 0.272. The van der Waals surface area contributed by atoms with E-state index in [1.807, 2.05) is 19.9 Å². The first-order valence-electron chi connectivity index (χ1n) is 4.48. The molecule has 0 fully saturated rings. The number of isocyanates is 1. The fraction of sp³-hybridized carbons (Fsp3) is 0.600. The van der Waals surface area contributed by atoms with Crippen LogP contribution in [0.25, 0.3) is 0 Å². The van der Waals surface area contributed by atoms with Crippen LogP contribution in [0, 0.1) is 0 Å². The predicted octanol–water partition coefficient (Wildman–Crippen LogP) is 2.03. The van der Waals surface area contributed by atoms with Crippen molar-refractivity contribution < 1.29 is 9.59 Å². The smallest absolute Gasteiger partial charge is 0.234 e. The first kappa shape index (κ1) is 11.8. The maximum absolute atomic E-state index is 11.4. The van der Waals surface area contributed by atoms with Crippen molar-refractivity contribution in [3.63, 3.8) is 0 Å². The normalized spacial score (nSPS) is 10.8. The van der Waals surface area contributed by atoms with Gasteiger partial charge >= 0.3 is 0 Å². The summed E-state index contributed by atoms with van der Waals surface area (Å²) in [4.78, 5) is 24.4. The summed E-state index contributed by atoms with van der Waals surface area (Å²) in [7, 11) is 0. The van der Waals surface area contributed by atoms with E-state index in [9.17, 15) is 9.59 Å². The van der Waals surface area contributed by atoms with E-state index in [0.717, 1.165) is 12.0 Å². The zero-order valence-corrected chi connectivity index (χ0v) is 8.17. The lowest BCUT2D eigenvalue weighted by Gasteiger charge is -2.00. The average Bonchev–Trinajstić information content (AvgIpc) is 2.14. The summed E-state index contributed by atoms with van der Waals surface area (Å²) in [6, 6.07) is 0. The predicted molar refractivity (Wildman–Crippen MR) is 51.3 cm³/mol. The summed E-state index contributed by atoms with van der Waals surface area (Å²) in [6.07, 6.45) is 5.16. The molecule has 3 heteroatoms. The molecule has 0 unspecified atom stereocenters. The molecule has 0 atom stereocenters. The van der Waals surface area contributed by atoms with E-state index >= 15 is 0 Å². The maximum Gasteiger partial charge on any atom is 0.234 e. The number of carbonyl (C=O) groups is 1. The minimum Gasteiger partial charge on any atom is -0.295 e. The van der Waals surface area contributed by atoms with Crippen LogP contribution in [0.15, 0.2) is 16.6 Å². The Morgan fingerprint density at radius 2 is 2.23 bits per heavy atom. The van der Waals surface area contributed by atoms with Gasteiger partial charge in [-0.25, -0.2) is 9.79 Å². The van der Waals surface area contributed by atoms with Gasteiger partial charge in [0.15, 0.2) is 5.78 Å². The summed E-state index contributed by atoms with van der Waals surface area (Å²) >= 11 is 0. The fourth-order valence-corrected chi connectivity index (χ4v) is 1.09. The van der Waals surface area contributed by atoms with Crippen molar-refractivity contribution in [2.75, 3.05) is 6.54 Å². The van der Waals surface area contributed by atoms with Crippen LogP contribution in [-0.2, 0) is 9.59 Å². The van der Waals surface area contributed by atoms with E-state index in [1.54, 1.807) is 0 Å². The van der Waals surface area contributed by atoms with Gasteiger partial charge in [0, 0.05) is 6.42 Å². The van der Waals surface area contributed by atoms with Gasteiger partial charge in [-0.05, 0) is 25.3 Å². The number of Topliss-reactive ketones (excluding diaryl/α,β-unsaturated/α-hetero) is 1. The van der Waals surface area contributed by atoms with Crippen LogP contribution in [0.4, 0.5) is 0 Å². The second-order valence-corrected chi connectivity index (χ2v) is 2.67. The largest absolute Gasteiger partial charge is 0.295 e. The Morgan fingerprint density at radius 3 is 2.69 bits per heavy atom. The van der Waals surface area contributed by atoms with E-state index in [1.165, 1.54) is 6.08 Å². The Kier molecular flexibility index (Phi) is 6.75. The molecule has 0 N–H and O–H groups in total. The van der Waals surface area contributed by atoms with Gasteiger partial charge in [-0.15, -0.1) is 0 Å². The van der Waals surface area contributed by atoms with Crippen LogP contribution in [0.2, 0.25) is 0 Å². The summed E-state index contributed by atoms with van der Waals surface area (Å²) in [6.45, 7) is 4.22. The Balaban J connectivity index is 3.80. The fourth-order valence-electron chi connectivity index (χ4n) is 1.09. The van der Waals surface area contributed by atoms with Gasteiger partial charge in [0.25, 0.3) is 0 Å². The molecule has 0 aliphatic heterocycles. The van der Waals surface area contributed by atoms with Crippen molar-refractivity contribution in [2.45, 2.75) is 33.1 Å². The lowest BCUT2D eigenvalue weighted by Crippen LogP contribution is -2.02. The number of hydrogen-bond acceptors (Lipinski definition) is 3. The molecule has 0 aromatic heterocycles. The zero-order valence-electron chi connectivity index (χ0n) is 8.17. The van der Waals surface area contributed by atoms with Crippen molar-refractivity contribution in [3.8, 4) is 0 Å². The van der Waals surface area contributed by atoms with Gasteiger partial charge in [0.2, 0.25) is 6.08 Å². The second kappa shape index (κ2) is 7.44. The summed E-state index contributed by atoms with van der Waals surface area (Å²) in [5.41, 5.74) is 0.857. The minimum atomic E-state index is 0.158. The number of carbonyl (C=O) groups excluding carboxylic acids is 2. The molecule has 0 aliphatic carbocycles. The molecule has 0 bridgehead atoms. The summed E-state index contributed by atoms with van der Waals surface area (Å²) in [5, 5.41) is 0. The molecule has 13 heavy (non-hydrogen) atoms. The van der Waals surface area contributed by atoms with Crippen LogP contribution >= 0.6 is 0 Å². The zero-order chi connectivity index (χ0) is 10.1. The molecule has 0 heterocycles. The van der Waals surface area contributed by atoms with Crippen LogP contribution in [0.5, 0.6) is 0 Å². The van der Waals surface area contributed by atoms with Gasteiger partial charge in [-0.3, -0.25) is 4.79 Å². The Hall–Kier alpha value is -1.21. The summed E-state index contributed by atoms with van der Waals surface area (Å²) in [5.74, 6) is 0.158. The Bertz CT molecular complexity index is 237. The highest BCUT2D eigenvalue weighted by molar-refractivity contribution is 5.95. The molecular weight excluding hydrogens is 166 g/mol. The number of aliphatic imine (C=N–C) groups is 1. The molecule has 0 amide bonds. The van der Waals surface area contributed by atoms with Crippen molar-refractivity contribution >= 4 is 11.9 Å². The van der Waals surface area contributed by atoms with Crippen molar-refractivity contribution in [3.05, 3.63) is 11.6 Å². The van der Waals surface area contributed by atoms with E-state index in [4.69, 9.17) is 0 Å². The molecule has 0 rings (SSSR count). The lowest BCUT2D eigenvalue weighted by atomic mass is 10.0. The van der Waals surface area contributed by atoms with Gasteiger partial charge in [0.05, 0.1) is 6.54 Å². The van der Waals surface area contributed by atoms with E-state index < -0.39 is 0 Å². The van der Waals surface area contributed by atoms with Crippen LogP contribution in [-0.4, -0.2) is 18.4 Å². The highest BCUT2D eigenvalue weighted by Crippen LogP contribution is 2.06. The maximum atomic E-state index is 11.4. The van der Waals surface area contributed by atoms with Crippen LogP contribution in [0.3, 0.4) is 0 Å². The first-order valence-corrected chi connectivity index (χ1v) is 4.48. The van der Waals surface area contributed by atoms with E-state index in [-0.39, 0.29) is 5.78 Å². The topological polar surface area (TPSA) is 46.5 Å². The van der Waals surface area contributed by atoms with Crippen molar-refractivity contribution in [1.29, 1.82) is 0 Å². The van der Waals surface area contributed by atoms with Crippen molar-refractivity contribution in [1.82, 2.24) is 0 Å². The third kappa shape index (κ3) is 5.10. The molecule has 72 valence electrons. The number of nitrogens with zero attached hydrogens (tertiary/aromatic N) is 1. The Morgan fingerprint density at radius 1 is 1.54 bits per heavy atom. The van der Waals surface area contributed by atoms with Gasteiger partial charge < -0.3 is 0 Å². The highest BCUT2D eigenvalue weighted by atomic mass is 16.1. The number of allylic oxidation sites excluding steroid dienone is 2. The SMILES string of the molecule is CC=C(CC)C(=O)CCCN=C=O. The lowest BCUT2D eigenvalue weighted by molar-refractivity contribution is -0.115. The van der Waals surface area contributed by atoms with E-state index in [0.29, 0.717) is 19.4 Å². The second-order valence-electron chi connectivity index (χ2n) is 2.67. The molecule has 0 radical (unpaired) electrons. The average molecular weight is 181 g/mol. The Labute approximate surface area is 78.6 Å². The van der Waals surface area contributed by atoms with Crippen LogP contribution in [0.1, 0.15) is 33.1 Å². The standard InChI is InChI=1S/C10H15NO2/c1-3-9(4-2)10(13)6-5-7-11-8-12/h3H,4-7H2,1-2H3. The first-order chi connectivity index (χ1) is 6.26. The third-order valence-corrected chi connectivity index (χ3v) is 1.83. The molecule has 3 nitrogen and oxygen atoms in total. The molecule has 0 saturated carbocycles. The minimum absolute atomic E-state index is 0.158. The third-order valence-electron chi connectivity index (χ3n) is 1.83. The van der Waals surface area contributed by atoms with Crippen molar-refractivity contribution in [2.24, 2.45) is 4.99 Å². The number of rotatable bonds is 6. The van der Waals surface area contributed by atoms with Gasteiger partial charge in [-0.2, -0.15) is 0 Å². The molecule has 0 saturated heterocycles. The molecule has 0 aromatic carbocycles. The highest BCUT2D eigenvalue weighted by Gasteiger charge is 2.04.